The molecule has 1 aliphatic heterocycles. The standard InChI is InChI=1S/C16H18N4O4/c21-14-16(7-3-1-2-4-8-16)18-15(22)20(14)10-12-17-13(19-24-12)11-6-5-9-23-11/h5-6,9H,1-4,7-8,10H2,(H,18,22). The van der Waals surface area contributed by atoms with Crippen molar-refractivity contribution in [3.8, 4) is 11.6 Å². The summed E-state index contributed by atoms with van der Waals surface area (Å²) in [6.45, 7) is -0.0277. The molecule has 2 aromatic rings. The van der Waals surface area contributed by atoms with Crippen molar-refractivity contribution in [2.75, 3.05) is 0 Å². The average molecular weight is 330 g/mol. The van der Waals surface area contributed by atoms with Crippen LogP contribution in [0.1, 0.15) is 44.4 Å². The maximum absolute atomic E-state index is 12.8. The van der Waals surface area contributed by atoms with Gasteiger partial charge in [0.05, 0.1) is 6.26 Å². The second kappa shape index (κ2) is 5.77. The highest BCUT2D eigenvalue weighted by Gasteiger charge is 2.51. The Kier molecular flexibility index (Phi) is 3.59. The third-order valence-electron chi connectivity index (χ3n) is 4.71. The van der Waals surface area contributed by atoms with Crippen LogP contribution < -0.4 is 5.32 Å². The maximum atomic E-state index is 12.8. The molecule has 24 heavy (non-hydrogen) atoms. The van der Waals surface area contributed by atoms with E-state index in [1.54, 1.807) is 12.1 Å². The number of aromatic nitrogens is 2. The Morgan fingerprint density at radius 2 is 2.00 bits per heavy atom. The third kappa shape index (κ3) is 2.47. The zero-order chi connectivity index (χ0) is 16.6. The smallest absolute Gasteiger partial charge is 0.325 e. The van der Waals surface area contributed by atoms with Crippen LogP contribution in [-0.2, 0) is 11.3 Å². The van der Waals surface area contributed by atoms with Crippen molar-refractivity contribution < 1.29 is 18.5 Å². The van der Waals surface area contributed by atoms with E-state index in [9.17, 15) is 9.59 Å². The molecule has 8 nitrogen and oxygen atoms in total. The molecule has 0 bridgehead atoms. The van der Waals surface area contributed by atoms with Crippen LogP contribution in [0, 0.1) is 0 Å². The Morgan fingerprint density at radius 1 is 1.21 bits per heavy atom. The Balaban J connectivity index is 1.52. The lowest BCUT2D eigenvalue weighted by Crippen LogP contribution is -2.46. The van der Waals surface area contributed by atoms with Gasteiger partial charge >= 0.3 is 6.03 Å². The minimum Gasteiger partial charge on any atom is -0.461 e. The lowest BCUT2D eigenvalue weighted by molar-refractivity contribution is -0.132. The summed E-state index contributed by atoms with van der Waals surface area (Å²) in [5.74, 6) is 0.788. The normalized spacial score (nSPS) is 20.4. The Hall–Kier alpha value is -2.64. The van der Waals surface area contributed by atoms with E-state index in [2.05, 4.69) is 15.5 Å². The number of imide groups is 1. The summed E-state index contributed by atoms with van der Waals surface area (Å²) in [4.78, 5) is 30.5. The summed E-state index contributed by atoms with van der Waals surface area (Å²) in [5.41, 5.74) is -0.753. The van der Waals surface area contributed by atoms with Gasteiger partial charge in [0.2, 0.25) is 11.7 Å². The first-order valence-corrected chi connectivity index (χ1v) is 8.19. The summed E-state index contributed by atoms with van der Waals surface area (Å²) in [5, 5.41) is 6.71. The summed E-state index contributed by atoms with van der Waals surface area (Å²) >= 11 is 0. The van der Waals surface area contributed by atoms with E-state index in [4.69, 9.17) is 8.94 Å². The lowest BCUT2D eigenvalue weighted by Gasteiger charge is -2.24. The fraction of sp³-hybridized carbons (Fsp3) is 0.500. The first kappa shape index (κ1) is 14.9. The molecule has 1 aliphatic carbocycles. The first-order valence-electron chi connectivity index (χ1n) is 8.19. The molecular formula is C16H18N4O4. The summed E-state index contributed by atoms with van der Waals surface area (Å²) < 4.78 is 10.4. The van der Waals surface area contributed by atoms with Crippen LogP contribution in [0.2, 0.25) is 0 Å². The zero-order valence-corrected chi connectivity index (χ0v) is 13.2. The monoisotopic (exact) mass is 330 g/mol. The lowest BCUT2D eigenvalue weighted by atomic mass is 9.90. The van der Waals surface area contributed by atoms with Gasteiger partial charge in [0.1, 0.15) is 12.1 Å². The van der Waals surface area contributed by atoms with E-state index < -0.39 is 5.54 Å². The van der Waals surface area contributed by atoms with Crippen LogP contribution in [0.3, 0.4) is 0 Å². The minimum atomic E-state index is -0.753. The van der Waals surface area contributed by atoms with Gasteiger partial charge in [0.15, 0.2) is 5.76 Å². The van der Waals surface area contributed by atoms with E-state index in [1.807, 2.05) is 0 Å². The molecule has 0 aromatic carbocycles. The molecule has 8 heteroatoms. The summed E-state index contributed by atoms with van der Waals surface area (Å²) in [7, 11) is 0. The predicted octanol–water partition coefficient (Wildman–Crippen LogP) is 2.47. The SMILES string of the molecule is O=C1NC2(CCCCCC2)C(=O)N1Cc1nc(-c2ccco2)no1. The fourth-order valence-corrected chi connectivity index (χ4v) is 3.45. The fourth-order valence-electron chi connectivity index (χ4n) is 3.45. The molecule has 0 atom stereocenters. The Bertz CT molecular complexity index is 744. The molecule has 3 amide bonds. The largest absolute Gasteiger partial charge is 0.461 e. The van der Waals surface area contributed by atoms with Crippen molar-refractivity contribution in [2.24, 2.45) is 0 Å². The molecule has 2 fully saturated rings. The minimum absolute atomic E-state index is 0.0277. The number of furan rings is 1. The number of hydrogen-bond acceptors (Lipinski definition) is 6. The molecular weight excluding hydrogens is 312 g/mol. The molecule has 1 saturated carbocycles. The predicted molar refractivity (Wildman–Crippen MR) is 81.5 cm³/mol. The molecule has 2 aliphatic rings. The number of carbonyl (C=O) groups excluding carboxylic acids is 2. The number of carbonyl (C=O) groups is 2. The second-order valence-electron chi connectivity index (χ2n) is 6.31. The number of rotatable bonds is 3. The van der Waals surface area contributed by atoms with Crippen molar-refractivity contribution in [1.82, 2.24) is 20.4 Å². The van der Waals surface area contributed by atoms with Crippen LogP contribution >= 0.6 is 0 Å². The zero-order valence-electron chi connectivity index (χ0n) is 13.2. The highest BCUT2D eigenvalue weighted by Crippen LogP contribution is 2.33. The van der Waals surface area contributed by atoms with E-state index in [0.717, 1.165) is 25.7 Å². The van der Waals surface area contributed by atoms with Crippen LogP contribution in [-0.4, -0.2) is 32.5 Å². The Morgan fingerprint density at radius 3 is 2.71 bits per heavy atom. The molecule has 0 radical (unpaired) electrons. The number of hydrogen-bond donors (Lipinski definition) is 1. The van der Waals surface area contributed by atoms with E-state index in [1.165, 1.54) is 11.2 Å². The van der Waals surface area contributed by atoms with Crippen LogP contribution in [0.5, 0.6) is 0 Å². The van der Waals surface area contributed by atoms with Crippen LogP contribution in [0.25, 0.3) is 11.6 Å². The van der Waals surface area contributed by atoms with Crippen molar-refractivity contribution in [3.63, 3.8) is 0 Å². The summed E-state index contributed by atoms with van der Waals surface area (Å²) in [6.07, 6.45) is 6.98. The average Bonchev–Trinajstić information content (AvgIpc) is 3.25. The number of amides is 3. The van der Waals surface area contributed by atoms with Gasteiger partial charge in [-0.15, -0.1) is 0 Å². The summed E-state index contributed by atoms with van der Waals surface area (Å²) in [6, 6.07) is 3.04. The molecule has 1 spiro atoms. The topological polar surface area (TPSA) is 101 Å². The van der Waals surface area contributed by atoms with Crippen molar-refractivity contribution in [3.05, 3.63) is 24.3 Å². The van der Waals surface area contributed by atoms with Gasteiger partial charge in [-0.05, 0) is 25.0 Å². The molecule has 126 valence electrons. The third-order valence-corrected chi connectivity index (χ3v) is 4.71. The molecule has 1 N–H and O–H groups in total. The number of nitrogens with one attached hydrogen (secondary N) is 1. The first-order chi connectivity index (χ1) is 11.7. The molecule has 3 heterocycles. The van der Waals surface area contributed by atoms with E-state index >= 15 is 0 Å². The van der Waals surface area contributed by atoms with E-state index in [0.29, 0.717) is 24.4 Å². The molecule has 4 rings (SSSR count). The highest BCUT2D eigenvalue weighted by atomic mass is 16.5. The van der Waals surface area contributed by atoms with Crippen LogP contribution in [0.15, 0.2) is 27.3 Å². The van der Waals surface area contributed by atoms with Gasteiger partial charge in [-0.2, -0.15) is 4.98 Å². The molecule has 0 unspecified atom stereocenters. The van der Waals surface area contributed by atoms with Crippen molar-refractivity contribution in [1.29, 1.82) is 0 Å². The molecule has 2 aromatic heterocycles. The van der Waals surface area contributed by atoms with Gasteiger partial charge in [0, 0.05) is 0 Å². The van der Waals surface area contributed by atoms with Gasteiger partial charge in [-0.3, -0.25) is 9.69 Å². The van der Waals surface area contributed by atoms with Gasteiger partial charge in [0.25, 0.3) is 5.91 Å². The Labute approximate surface area is 138 Å². The van der Waals surface area contributed by atoms with Crippen molar-refractivity contribution >= 4 is 11.9 Å². The van der Waals surface area contributed by atoms with Gasteiger partial charge in [-0.1, -0.05) is 30.8 Å². The van der Waals surface area contributed by atoms with E-state index in [-0.39, 0.29) is 24.4 Å². The van der Waals surface area contributed by atoms with Crippen LogP contribution in [0.4, 0.5) is 4.79 Å². The number of nitrogens with zero attached hydrogens (tertiary/aromatic N) is 3. The molecule has 1 saturated heterocycles. The number of urea groups is 1. The van der Waals surface area contributed by atoms with Gasteiger partial charge in [-0.25, -0.2) is 4.79 Å². The quantitative estimate of drug-likeness (QED) is 0.868. The second-order valence-corrected chi connectivity index (χ2v) is 6.31. The van der Waals surface area contributed by atoms with Crippen molar-refractivity contribution in [2.45, 2.75) is 50.6 Å². The highest BCUT2D eigenvalue weighted by molar-refractivity contribution is 6.06. The maximum Gasteiger partial charge on any atom is 0.325 e. The van der Waals surface area contributed by atoms with Gasteiger partial charge < -0.3 is 14.3 Å².